The molecule has 0 saturated heterocycles. The summed E-state index contributed by atoms with van der Waals surface area (Å²) in [6.07, 6.45) is 6.87. The molecule has 1 saturated carbocycles. The Labute approximate surface area is 129 Å². The second-order valence-corrected chi connectivity index (χ2v) is 5.94. The second-order valence-electron chi connectivity index (χ2n) is 5.94. The highest BCUT2D eigenvalue weighted by Crippen LogP contribution is 2.29. The number of aliphatic hydroxyl groups is 1. The van der Waals surface area contributed by atoms with E-state index in [1.807, 2.05) is 19.1 Å². The fourth-order valence-corrected chi connectivity index (χ4v) is 3.07. The molecule has 1 amide bonds. The first-order valence-corrected chi connectivity index (χ1v) is 7.53. The lowest BCUT2D eigenvalue weighted by Crippen LogP contribution is -2.49. The number of aromatic nitrogens is 3. The zero-order valence-electron chi connectivity index (χ0n) is 12.6. The zero-order valence-corrected chi connectivity index (χ0v) is 12.6. The molecule has 0 radical (unpaired) electrons. The monoisotopic (exact) mass is 300 g/mol. The normalized spacial score (nSPS) is 16.6. The molecule has 1 heterocycles. The van der Waals surface area contributed by atoms with Crippen molar-refractivity contribution in [3.8, 4) is 5.69 Å². The van der Waals surface area contributed by atoms with Crippen LogP contribution in [0.3, 0.4) is 0 Å². The minimum absolute atomic E-state index is 0.00520. The highest BCUT2D eigenvalue weighted by molar-refractivity contribution is 5.95. The van der Waals surface area contributed by atoms with Crippen LogP contribution in [0.5, 0.6) is 0 Å². The second kappa shape index (κ2) is 5.88. The van der Waals surface area contributed by atoms with E-state index >= 15 is 0 Å². The van der Waals surface area contributed by atoms with Gasteiger partial charge in [0.05, 0.1) is 17.8 Å². The number of nitrogens with zero attached hydrogens (tertiary/aromatic N) is 3. The average molecular weight is 300 g/mol. The van der Waals surface area contributed by atoms with Gasteiger partial charge in [0.2, 0.25) is 0 Å². The first-order chi connectivity index (χ1) is 10.6. The summed E-state index contributed by atoms with van der Waals surface area (Å²) in [5.74, 6) is -0.135. The van der Waals surface area contributed by atoms with Crippen molar-refractivity contribution in [3.05, 3.63) is 42.0 Å². The summed E-state index contributed by atoms with van der Waals surface area (Å²) in [5.41, 5.74) is 1.99. The molecule has 0 bridgehead atoms. The predicted molar refractivity (Wildman–Crippen MR) is 81.8 cm³/mol. The van der Waals surface area contributed by atoms with Crippen molar-refractivity contribution in [1.82, 2.24) is 20.1 Å². The summed E-state index contributed by atoms with van der Waals surface area (Å²) in [6, 6.07) is 5.48. The summed E-state index contributed by atoms with van der Waals surface area (Å²) in [7, 11) is 0. The first-order valence-electron chi connectivity index (χ1n) is 7.53. The molecule has 2 N–H and O–H groups in total. The predicted octanol–water partition coefficient (Wildman–Crippen LogP) is 1.61. The fourth-order valence-electron chi connectivity index (χ4n) is 3.07. The molecule has 22 heavy (non-hydrogen) atoms. The van der Waals surface area contributed by atoms with Crippen LogP contribution in [0.1, 0.15) is 41.6 Å². The Hall–Kier alpha value is -2.21. The van der Waals surface area contributed by atoms with Gasteiger partial charge >= 0.3 is 0 Å². The van der Waals surface area contributed by atoms with Gasteiger partial charge in [-0.05, 0) is 43.5 Å². The molecule has 0 spiro atoms. The third kappa shape index (κ3) is 2.74. The molecule has 1 aromatic carbocycles. The van der Waals surface area contributed by atoms with Crippen molar-refractivity contribution in [1.29, 1.82) is 0 Å². The van der Waals surface area contributed by atoms with E-state index in [1.54, 1.807) is 17.1 Å². The van der Waals surface area contributed by atoms with E-state index in [4.69, 9.17) is 0 Å². The molecular weight excluding hydrogens is 280 g/mol. The summed E-state index contributed by atoms with van der Waals surface area (Å²) in [5, 5.41) is 16.7. The summed E-state index contributed by atoms with van der Waals surface area (Å²) >= 11 is 0. The van der Waals surface area contributed by atoms with E-state index in [0.717, 1.165) is 36.9 Å². The highest BCUT2D eigenvalue weighted by atomic mass is 16.3. The van der Waals surface area contributed by atoms with E-state index < -0.39 is 5.54 Å². The SMILES string of the molecule is Cc1cc(C(=O)NC2(CO)CCCC2)ccc1-n1cncn1. The smallest absolute Gasteiger partial charge is 0.251 e. The van der Waals surface area contributed by atoms with Crippen molar-refractivity contribution in [2.24, 2.45) is 0 Å². The number of benzene rings is 1. The molecule has 0 unspecified atom stereocenters. The van der Waals surface area contributed by atoms with Crippen LogP contribution < -0.4 is 5.32 Å². The number of hydrogen-bond donors (Lipinski definition) is 2. The van der Waals surface area contributed by atoms with E-state index in [-0.39, 0.29) is 12.5 Å². The topological polar surface area (TPSA) is 80.0 Å². The number of carbonyl (C=O) groups excluding carboxylic acids is 1. The lowest BCUT2D eigenvalue weighted by Gasteiger charge is -2.28. The van der Waals surface area contributed by atoms with Crippen molar-refractivity contribution in [2.45, 2.75) is 38.1 Å². The van der Waals surface area contributed by atoms with E-state index in [1.165, 1.54) is 6.33 Å². The zero-order chi connectivity index (χ0) is 15.6. The number of hydrogen-bond acceptors (Lipinski definition) is 4. The van der Waals surface area contributed by atoms with Crippen molar-refractivity contribution in [2.75, 3.05) is 6.61 Å². The summed E-state index contributed by atoms with van der Waals surface area (Å²) in [6.45, 7) is 1.93. The van der Waals surface area contributed by atoms with Gasteiger partial charge < -0.3 is 10.4 Å². The standard InChI is InChI=1S/C16H20N4O2/c1-12-8-13(4-5-14(12)20-11-17-10-18-20)15(22)19-16(9-21)6-2-3-7-16/h4-5,8,10-11,21H,2-3,6-7,9H2,1H3,(H,19,22). The van der Waals surface area contributed by atoms with Gasteiger partial charge in [-0.3, -0.25) is 4.79 Å². The van der Waals surface area contributed by atoms with Crippen LogP contribution in [0.25, 0.3) is 5.69 Å². The molecule has 1 aromatic heterocycles. The van der Waals surface area contributed by atoms with Crippen molar-refractivity contribution >= 4 is 5.91 Å². The largest absolute Gasteiger partial charge is 0.394 e. The van der Waals surface area contributed by atoms with Gasteiger partial charge in [-0.15, -0.1) is 0 Å². The Bertz CT molecular complexity index is 661. The maximum atomic E-state index is 12.5. The Kier molecular flexibility index (Phi) is 3.94. The quantitative estimate of drug-likeness (QED) is 0.899. The molecule has 3 rings (SSSR count). The van der Waals surface area contributed by atoms with Crippen LogP contribution in [-0.4, -0.2) is 37.9 Å². The van der Waals surface area contributed by atoms with Crippen LogP contribution in [0.2, 0.25) is 0 Å². The van der Waals surface area contributed by atoms with Crippen LogP contribution >= 0.6 is 0 Å². The maximum absolute atomic E-state index is 12.5. The fraction of sp³-hybridized carbons (Fsp3) is 0.438. The number of nitrogens with one attached hydrogen (secondary N) is 1. The van der Waals surface area contributed by atoms with Crippen LogP contribution in [0.4, 0.5) is 0 Å². The van der Waals surface area contributed by atoms with E-state index in [2.05, 4.69) is 15.4 Å². The molecule has 1 aliphatic rings. The highest BCUT2D eigenvalue weighted by Gasteiger charge is 2.34. The molecule has 6 heteroatoms. The summed E-state index contributed by atoms with van der Waals surface area (Å²) in [4.78, 5) is 16.4. The van der Waals surface area contributed by atoms with Gasteiger partial charge in [0, 0.05) is 5.56 Å². The Balaban J connectivity index is 1.80. The van der Waals surface area contributed by atoms with Gasteiger partial charge in [0.1, 0.15) is 12.7 Å². The average Bonchev–Trinajstić information content (AvgIpc) is 3.19. The number of aliphatic hydroxyl groups excluding tert-OH is 1. The molecule has 0 aliphatic heterocycles. The Morgan fingerprint density at radius 2 is 2.18 bits per heavy atom. The number of rotatable bonds is 4. The van der Waals surface area contributed by atoms with Gasteiger partial charge in [0.25, 0.3) is 5.91 Å². The maximum Gasteiger partial charge on any atom is 0.251 e. The molecule has 0 atom stereocenters. The molecule has 116 valence electrons. The molecule has 1 fully saturated rings. The number of carbonyl (C=O) groups is 1. The van der Waals surface area contributed by atoms with Gasteiger partial charge in [-0.1, -0.05) is 12.8 Å². The lowest BCUT2D eigenvalue weighted by molar-refractivity contribution is 0.0838. The first kappa shape index (κ1) is 14.7. The number of amides is 1. The molecular formula is C16H20N4O2. The molecule has 1 aliphatic carbocycles. The third-order valence-corrected chi connectivity index (χ3v) is 4.37. The van der Waals surface area contributed by atoms with Gasteiger partial charge in [-0.25, -0.2) is 9.67 Å². The van der Waals surface area contributed by atoms with Crippen LogP contribution in [0.15, 0.2) is 30.9 Å². The lowest BCUT2D eigenvalue weighted by atomic mass is 9.98. The number of aryl methyl sites for hydroxylation is 1. The van der Waals surface area contributed by atoms with Crippen LogP contribution in [0, 0.1) is 6.92 Å². The minimum Gasteiger partial charge on any atom is -0.394 e. The van der Waals surface area contributed by atoms with Gasteiger partial charge in [0.15, 0.2) is 0 Å². The molecule has 2 aromatic rings. The summed E-state index contributed by atoms with van der Waals surface area (Å²) < 4.78 is 1.67. The van der Waals surface area contributed by atoms with Crippen LogP contribution in [-0.2, 0) is 0 Å². The Morgan fingerprint density at radius 1 is 1.41 bits per heavy atom. The van der Waals surface area contributed by atoms with Crippen molar-refractivity contribution in [3.63, 3.8) is 0 Å². The van der Waals surface area contributed by atoms with E-state index in [9.17, 15) is 9.90 Å². The Morgan fingerprint density at radius 3 is 2.77 bits per heavy atom. The minimum atomic E-state index is -0.449. The molecule has 6 nitrogen and oxygen atoms in total. The van der Waals surface area contributed by atoms with Gasteiger partial charge in [-0.2, -0.15) is 5.10 Å². The van der Waals surface area contributed by atoms with E-state index in [0.29, 0.717) is 5.56 Å². The third-order valence-electron chi connectivity index (χ3n) is 4.37. The van der Waals surface area contributed by atoms with Crippen molar-refractivity contribution < 1.29 is 9.90 Å².